The van der Waals surface area contributed by atoms with Crippen molar-refractivity contribution in [3.63, 3.8) is 0 Å². The molecule has 2 atom stereocenters. The Kier molecular flexibility index (Phi) is 8.67. The van der Waals surface area contributed by atoms with E-state index in [0.717, 1.165) is 42.0 Å². The fourth-order valence-electron chi connectivity index (χ4n) is 4.00. The number of amides is 1. The molecule has 1 aliphatic heterocycles. The Hall–Kier alpha value is -2.32. The van der Waals surface area contributed by atoms with Gasteiger partial charge < -0.3 is 15.4 Å². The topological polar surface area (TPSA) is 76.1 Å². The summed E-state index contributed by atoms with van der Waals surface area (Å²) >= 11 is 13.9. The molecule has 6 nitrogen and oxygen atoms in total. The summed E-state index contributed by atoms with van der Waals surface area (Å²) in [6.45, 7) is 1.82. The molecule has 1 saturated heterocycles. The molecule has 9 heteroatoms. The van der Waals surface area contributed by atoms with Gasteiger partial charge in [-0.25, -0.2) is 9.97 Å². The van der Waals surface area contributed by atoms with Crippen molar-refractivity contribution < 1.29 is 9.53 Å². The second kappa shape index (κ2) is 11.9. The normalized spacial score (nSPS) is 16.3. The van der Waals surface area contributed by atoms with Crippen molar-refractivity contribution in [2.75, 3.05) is 26.0 Å². The predicted molar refractivity (Wildman–Crippen MR) is 138 cm³/mol. The number of thioether (sulfide) groups is 1. The summed E-state index contributed by atoms with van der Waals surface area (Å²) in [6.07, 6.45) is 5.17. The van der Waals surface area contributed by atoms with Crippen molar-refractivity contribution >= 4 is 40.9 Å². The zero-order chi connectivity index (χ0) is 23.9. The van der Waals surface area contributed by atoms with E-state index in [4.69, 9.17) is 27.9 Å². The van der Waals surface area contributed by atoms with Crippen molar-refractivity contribution in [2.45, 2.75) is 24.0 Å². The number of carbonyl (C=O) groups is 1. The monoisotopic (exact) mass is 516 g/mol. The zero-order valence-corrected chi connectivity index (χ0v) is 21.1. The van der Waals surface area contributed by atoms with Gasteiger partial charge in [0.1, 0.15) is 5.75 Å². The number of carbonyl (C=O) groups excluding carboxylic acids is 1. The van der Waals surface area contributed by atoms with Crippen molar-refractivity contribution in [3.8, 4) is 16.9 Å². The highest BCUT2D eigenvalue weighted by atomic mass is 35.5. The third-order valence-corrected chi connectivity index (χ3v) is 7.60. The molecule has 2 aromatic carbocycles. The lowest BCUT2D eigenvalue weighted by Crippen LogP contribution is -2.43. The first-order chi connectivity index (χ1) is 16.5. The van der Waals surface area contributed by atoms with Crippen LogP contribution in [-0.4, -0.2) is 47.9 Å². The van der Waals surface area contributed by atoms with Gasteiger partial charge in [0, 0.05) is 24.0 Å². The van der Waals surface area contributed by atoms with Crippen LogP contribution in [0.4, 0.5) is 0 Å². The van der Waals surface area contributed by atoms with Crippen LogP contribution in [0.2, 0.25) is 10.0 Å². The summed E-state index contributed by atoms with van der Waals surface area (Å²) in [6, 6.07) is 13.3. The number of ether oxygens (including phenoxy) is 1. The Bertz CT molecular complexity index is 1110. The van der Waals surface area contributed by atoms with E-state index in [1.807, 2.05) is 36.4 Å². The van der Waals surface area contributed by atoms with Crippen LogP contribution in [0.15, 0.2) is 60.0 Å². The molecule has 1 fully saturated rings. The molecule has 1 amide bonds. The SMILES string of the molecule is COc1ccc(-c2cnc(SCC(=O)NC(Cc3cccc(Cl)c3Cl)C3CCNC3)nc2)cc1. The lowest BCUT2D eigenvalue weighted by Gasteiger charge is -2.25. The minimum absolute atomic E-state index is 0.0302. The first-order valence-corrected chi connectivity index (χ1v) is 12.8. The van der Waals surface area contributed by atoms with Crippen molar-refractivity contribution in [3.05, 3.63) is 70.5 Å². The number of methoxy groups -OCH3 is 1. The van der Waals surface area contributed by atoms with Gasteiger partial charge in [0.2, 0.25) is 5.91 Å². The third kappa shape index (κ3) is 6.42. The van der Waals surface area contributed by atoms with Crippen LogP contribution in [0.1, 0.15) is 12.0 Å². The van der Waals surface area contributed by atoms with E-state index < -0.39 is 0 Å². The lowest BCUT2D eigenvalue weighted by molar-refractivity contribution is -0.119. The molecule has 0 aliphatic carbocycles. The molecule has 0 bridgehead atoms. The summed E-state index contributed by atoms with van der Waals surface area (Å²) in [5.41, 5.74) is 2.85. The first kappa shape index (κ1) is 24.8. The van der Waals surface area contributed by atoms with E-state index in [2.05, 4.69) is 20.6 Å². The van der Waals surface area contributed by atoms with Crippen LogP contribution < -0.4 is 15.4 Å². The van der Waals surface area contributed by atoms with Crippen molar-refractivity contribution in [1.29, 1.82) is 0 Å². The second-order valence-corrected chi connectivity index (χ2v) is 9.84. The van der Waals surface area contributed by atoms with Gasteiger partial charge >= 0.3 is 0 Å². The molecule has 34 heavy (non-hydrogen) atoms. The van der Waals surface area contributed by atoms with Crippen molar-refractivity contribution in [1.82, 2.24) is 20.6 Å². The molecular formula is C25H26Cl2N4O2S. The fraction of sp³-hybridized carbons (Fsp3) is 0.320. The van der Waals surface area contributed by atoms with Crippen LogP contribution >= 0.6 is 35.0 Å². The summed E-state index contributed by atoms with van der Waals surface area (Å²) in [4.78, 5) is 21.6. The molecule has 1 aliphatic rings. The molecule has 2 unspecified atom stereocenters. The van der Waals surface area contributed by atoms with Gasteiger partial charge in [-0.2, -0.15) is 0 Å². The van der Waals surface area contributed by atoms with E-state index in [1.54, 1.807) is 25.6 Å². The molecule has 178 valence electrons. The summed E-state index contributed by atoms with van der Waals surface area (Å²) < 4.78 is 5.19. The lowest BCUT2D eigenvalue weighted by atomic mass is 9.92. The van der Waals surface area contributed by atoms with Crippen LogP contribution in [-0.2, 0) is 11.2 Å². The minimum atomic E-state index is -0.0529. The predicted octanol–water partition coefficient (Wildman–Crippen LogP) is 4.89. The maximum atomic E-state index is 12.8. The second-order valence-electron chi connectivity index (χ2n) is 8.12. The van der Waals surface area contributed by atoms with Gasteiger partial charge in [-0.3, -0.25) is 4.79 Å². The third-order valence-electron chi connectivity index (χ3n) is 5.87. The highest BCUT2D eigenvalue weighted by Crippen LogP contribution is 2.28. The van der Waals surface area contributed by atoms with Crippen LogP contribution in [0.25, 0.3) is 11.1 Å². The molecule has 1 aromatic heterocycles. The van der Waals surface area contributed by atoms with E-state index in [0.29, 0.717) is 27.5 Å². The average Bonchev–Trinajstić information content (AvgIpc) is 3.40. The largest absolute Gasteiger partial charge is 0.497 e. The number of nitrogens with one attached hydrogen (secondary N) is 2. The highest BCUT2D eigenvalue weighted by Gasteiger charge is 2.27. The minimum Gasteiger partial charge on any atom is -0.497 e. The number of halogens is 2. The number of hydrogen-bond donors (Lipinski definition) is 2. The smallest absolute Gasteiger partial charge is 0.230 e. The summed E-state index contributed by atoms with van der Waals surface area (Å²) in [5, 5.41) is 8.22. The fourth-order valence-corrected chi connectivity index (χ4v) is 5.00. The first-order valence-electron chi connectivity index (χ1n) is 11.1. The Morgan fingerprint density at radius 3 is 2.62 bits per heavy atom. The average molecular weight is 517 g/mol. The number of aromatic nitrogens is 2. The van der Waals surface area contributed by atoms with Gasteiger partial charge in [-0.1, -0.05) is 59.2 Å². The van der Waals surface area contributed by atoms with E-state index in [-0.39, 0.29) is 17.7 Å². The Balaban J connectivity index is 1.35. The number of hydrogen-bond acceptors (Lipinski definition) is 6. The van der Waals surface area contributed by atoms with Gasteiger partial charge in [0.15, 0.2) is 5.16 Å². The number of benzene rings is 2. The van der Waals surface area contributed by atoms with Gasteiger partial charge in [-0.05, 0) is 61.2 Å². The van der Waals surface area contributed by atoms with Crippen LogP contribution in [0, 0.1) is 5.92 Å². The summed E-state index contributed by atoms with van der Waals surface area (Å²) in [7, 11) is 1.64. The standard InChI is InChI=1S/C25H26Cl2N4O2S/c1-33-20-7-5-16(6-8-20)19-13-29-25(30-14-19)34-15-23(32)31-22(18-9-10-28-12-18)11-17-3-2-4-21(26)24(17)27/h2-8,13-14,18,22,28H,9-12,15H2,1H3,(H,31,32). The quantitative estimate of drug-likeness (QED) is 0.311. The molecular weight excluding hydrogens is 491 g/mol. The maximum Gasteiger partial charge on any atom is 0.230 e. The molecule has 0 saturated carbocycles. The highest BCUT2D eigenvalue weighted by molar-refractivity contribution is 7.99. The van der Waals surface area contributed by atoms with Gasteiger partial charge in [-0.15, -0.1) is 0 Å². The molecule has 2 N–H and O–H groups in total. The molecule has 3 aromatic rings. The van der Waals surface area contributed by atoms with Crippen LogP contribution in [0.3, 0.4) is 0 Å². The summed E-state index contributed by atoms with van der Waals surface area (Å²) in [5.74, 6) is 1.32. The van der Waals surface area contributed by atoms with E-state index in [1.165, 1.54) is 11.8 Å². The molecule has 2 heterocycles. The van der Waals surface area contributed by atoms with E-state index >= 15 is 0 Å². The Morgan fingerprint density at radius 2 is 1.94 bits per heavy atom. The van der Waals surface area contributed by atoms with E-state index in [9.17, 15) is 4.79 Å². The van der Waals surface area contributed by atoms with Crippen LogP contribution in [0.5, 0.6) is 5.75 Å². The molecule has 4 rings (SSSR count). The maximum absolute atomic E-state index is 12.8. The zero-order valence-electron chi connectivity index (χ0n) is 18.8. The number of nitrogens with zero attached hydrogens (tertiary/aromatic N) is 2. The Labute approximate surface area is 213 Å². The molecule has 0 radical (unpaired) electrons. The van der Waals surface area contributed by atoms with Gasteiger partial charge in [0.25, 0.3) is 0 Å². The molecule has 0 spiro atoms. The van der Waals surface area contributed by atoms with Crippen molar-refractivity contribution in [2.24, 2.45) is 5.92 Å². The number of rotatable bonds is 9. The Morgan fingerprint density at radius 1 is 1.18 bits per heavy atom. The van der Waals surface area contributed by atoms with Gasteiger partial charge in [0.05, 0.1) is 22.9 Å².